The number of aromatic amines is 1. The number of hydrogen-bond acceptors (Lipinski definition) is 3. The Morgan fingerprint density at radius 3 is 2.90 bits per heavy atom. The highest BCUT2D eigenvalue weighted by atomic mass is 16.5. The van der Waals surface area contributed by atoms with Crippen molar-refractivity contribution in [2.45, 2.75) is 31.8 Å². The van der Waals surface area contributed by atoms with Crippen LogP contribution in [0.25, 0.3) is 10.8 Å². The van der Waals surface area contributed by atoms with Gasteiger partial charge in [0, 0.05) is 11.9 Å². The number of fused-ring (bicyclic) bond motifs is 1. The molecule has 0 saturated heterocycles. The van der Waals surface area contributed by atoms with E-state index in [1.807, 2.05) is 30.3 Å². The molecule has 1 aromatic heterocycles. The molecule has 3 rings (SSSR count). The van der Waals surface area contributed by atoms with Crippen molar-refractivity contribution in [2.24, 2.45) is 0 Å². The van der Waals surface area contributed by atoms with Gasteiger partial charge in [-0.25, -0.2) is 0 Å². The van der Waals surface area contributed by atoms with Crippen LogP contribution in [-0.2, 0) is 4.74 Å². The van der Waals surface area contributed by atoms with E-state index in [1.54, 1.807) is 0 Å². The fraction of sp³-hybridized carbons (Fsp3) is 0.438. The van der Waals surface area contributed by atoms with Gasteiger partial charge in [0.2, 0.25) is 0 Å². The Morgan fingerprint density at radius 1 is 1.25 bits per heavy atom. The first-order valence-corrected chi connectivity index (χ1v) is 7.30. The summed E-state index contributed by atoms with van der Waals surface area (Å²) in [5.41, 5.74) is -0.0534. The maximum Gasteiger partial charge on any atom is 0.257 e. The molecule has 0 amide bonds. The van der Waals surface area contributed by atoms with E-state index >= 15 is 0 Å². The van der Waals surface area contributed by atoms with Gasteiger partial charge in [-0.15, -0.1) is 0 Å². The number of nitrogens with one attached hydrogen (secondary N) is 2. The fourth-order valence-electron chi connectivity index (χ4n) is 2.77. The van der Waals surface area contributed by atoms with Crippen LogP contribution in [0.1, 0.15) is 25.7 Å². The van der Waals surface area contributed by atoms with E-state index in [4.69, 9.17) is 4.74 Å². The zero-order valence-electron chi connectivity index (χ0n) is 11.5. The van der Waals surface area contributed by atoms with E-state index in [9.17, 15) is 4.79 Å². The lowest BCUT2D eigenvalue weighted by Gasteiger charge is -2.12. The summed E-state index contributed by atoms with van der Waals surface area (Å²) in [6.07, 6.45) is 5.39. The van der Waals surface area contributed by atoms with Gasteiger partial charge in [0.05, 0.1) is 12.7 Å². The smallest absolute Gasteiger partial charge is 0.257 e. The van der Waals surface area contributed by atoms with Gasteiger partial charge in [-0.3, -0.25) is 4.79 Å². The lowest BCUT2D eigenvalue weighted by atomic mass is 10.2. The molecule has 1 saturated carbocycles. The highest BCUT2D eigenvalue weighted by Gasteiger charge is 2.14. The quantitative estimate of drug-likeness (QED) is 0.823. The molecule has 4 heteroatoms. The number of benzene rings is 1. The fourth-order valence-corrected chi connectivity index (χ4v) is 2.77. The predicted molar refractivity (Wildman–Crippen MR) is 81.3 cm³/mol. The highest BCUT2D eigenvalue weighted by Crippen LogP contribution is 2.20. The summed E-state index contributed by atoms with van der Waals surface area (Å²) in [5.74, 6) is 0.753. The van der Waals surface area contributed by atoms with E-state index in [0.29, 0.717) is 19.3 Å². The van der Waals surface area contributed by atoms with Crippen molar-refractivity contribution in [3.8, 4) is 0 Å². The second kappa shape index (κ2) is 6.09. The average Bonchev–Trinajstić information content (AvgIpc) is 2.97. The lowest BCUT2D eigenvalue weighted by molar-refractivity contribution is 0.0658. The molecule has 1 aromatic carbocycles. The van der Waals surface area contributed by atoms with Crippen LogP contribution >= 0.6 is 0 Å². The van der Waals surface area contributed by atoms with Crippen molar-refractivity contribution in [1.82, 2.24) is 4.98 Å². The maximum absolute atomic E-state index is 11.9. The first-order valence-electron chi connectivity index (χ1n) is 7.30. The minimum absolute atomic E-state index is 0.0534. The largest absolute Gasteiger partial charge is 0.376 e. The van der Waals surface area contributed by atoms with Crippen LogP contribution in [0.2, 0.25) is 0 Å². The summed E-state index contributed by atoms with van der Waals surface area (Å²) >= 11 is 0. The minimum atomic E-state index is -0.0534. The molecule has 0 spiro atoms. The first-order chi connectivity index (χ1) is 9.83. The van der Waals surface area contributed by atoms with Crippen LogP contribution in [0.3, 0.4) is 0 Å². The molecule has 2 N–H and O–H groups in total. The van der Waals surface area contributed by atoms with Crippen LogP contribution in [0.15, 0.2) is 35.1 Å². The molecule has 0 aliphatic heterocycles. The summed E-state index contributed by atoms with van der Waals surface area (Å²) in [7, 11) is 0. The van der Waals surface area contributed by atoms with Gasteiger partial charge < -0.3 is 15.0 Å². The molecular weight excluding hydrogens is 252 g/mol. The maximum atomic E-state index is 11.9. The molecule has 0 atom stereocenters. The van der Waals surface area contributed by atoms with Gasteiger partial charge in [-0.2, -0.15) is 0 Å². The molecular formula is C16H20N2O2. The number of rotatable bonds is 5. The Morgan fingerprint density at radius 2 is 2.05 bits per heavy atom. The van der Waals surface area contributed by atoms with E-state index in [2.05, 4.69) is 10.3 Å². The molecule has 20 heavy (non-hydrogen) atoms. The molecule has 0 bridgehead atoms. The minimum Gasteiger partial charge on any atom is -0.376 e. The van der Waals surface area contributed by atoms with Crippen LogP contribution in [0.4, 0.5) is 5.82 Å². The summed E-state index contributed by atoms with van der Waals surface area (Å²) < 4.78 is 5.79. The van der Waals surface area contributed by atoms with E-state index in [0.717, 1.165) is 16.6 Å². The Kier molecular flexibility index (Phi) is 4.02. The number of hydrogen-bond donors (Lipinski definition) is 2. The third-order valence-electron chi connectivity index (χ3n) is 3.83. The Labute approximate surface area is 118 Å². The molecule has 1 aliphatic rings. The topological polar surface area (TPSA) is 54.1 Å². The van der Waals surface area contributed by atoms with Crippen molar-refractivity contribution in [2.75, 3.05) is 18.5 Å². The van der Waals surface area contributed by atoms with Crippen LogP contribution in [0, 0.1) is 0 Å². The number of ether oxygens (including phenoxy) is 1. The van der Waals surface area contributed by atoms with Crippen molar-refractivity contribution in [1.29, 1.82) is 0 Å². The Hall–Kier alpha value is -1.81. The first kappa shape index (κ1) is 13.2. The molecule has 4 nitrogen and oxygen atoms in total. The van der Waals surface area contributed by atoms with Crippen molar-refractivity contribution in [3.05, 3.63) is 40.7 Å². The highest BCUT2D eigenvalue weighted by molar-refractivity contribution is 5.83. The molecule has 0 unspecified atom stereocenters. The number of pyridine rings is 1. The van der Waals surface area contributed by atoms with Gasteiger partial charge in [-0.05, 0) is 30.4 Å². The zero-order valence-corrected chi connectivity index (χ0v) is 11.5. The SMILES string of the molecule is O=c1[nH]c(NCCOC2CCCC2)cc2ccccc12. The van der Waals surface area contributed by atoms with Crippen LogP contribution < -0.4 is 10.9 Å². The molecule has 0 radical (unpaired) electrons. The zero-order chi connectivity index (χ0) is 13.8. The second-order valence-corrected chi connectivity index (χ2v) is 5.30. The summed E-state index contributed by atoms with van der Waals surface area (Å²) in [6, 6.07) is 9.56. The van der Waals surface area contributed by atoms with Crippen LogP contribution in [0.5, 0.6) is 0 Å². The normalized spacial score (nSPS) is 15.8. The van der Waals surface area contributed by atoms with Crippen molar-refractivity contribution in [3.63, 3.8) is 0 Å². The Bertz CT molecular complexity index is 630. The van der Waals surface area contributed by atoms with E-state index < -0.39 is 0 Å². The summed E-state index contributed by atoms with van der Waals surface area (Å²) in [4.78, 5) is 14.8. The molecule has 1 fully saturated rings. The van der Waals surface area contributed by atoms with Gasteiger partial charge in [-0.1, -0.05) is 31.0 Å². The van der Waals surface area contributed by atoms with Gasteiger partial charge >= 0.3 is 0 Å². The van der Waals surface area contributed by atoms with Crippen molar-refractivity contribution < 1.29 is 4.74 Å². The third-order valence-corrected chi connectivity index (χ3v) is 3.83. The van der Waals surface area contributed by atoms with E-state index in [-0.39, 0.29) is 5.56 Å². The number of aromatic nitrogens is 1. The van der Waals surface area contributed by atoms with Crippen molar-refractivity contribution >= 4 is 16.6 Å². The molecule has 106 valence electrons. The lowest BCUT2D eigenvalue weighted by Crippen LogP contribution is -2.17. The number of H-pyrrole nitrogens is 1. The second-order valence-electron chi connectivity index (χ2n) is 5.30. The monoisotopic (exact) mass is 272 g/mol. The molecule has 1 heterocycles. The number of anilines is 1. The van der Waals surface area contributed by atoms with Crippen LogP contribution in [-0.4, -0.2) is 24.2 Å². The van der Waals surface area contributed by atoms with Gasteiger partial charge in [0.1, 0.15) is 5.82 Å². The molecule has 1 aliphatic carbocycles. The Balaban J connectivity index is 1.58. The third kappa shape index (κ3) is 3.02. The summed E-state index contributed by atoms with van der Waals surface area (Å²) in [6.45, 7) is 1.39. The van der Waals surface area contributed by atoms with Gasteiger partial charge in [0.25, 0.3) is 5.56 Å². The van der Waals surface area contributed by atoms with E-state index in [1.165, 1.54) is 25.7 Å². The van der Waals surface area contributed by atoms with Gasteiger partial charge in [0.15, 0.2) is 0 Å². The summed E-state index contributed by atoms with van der Waals surface area (Å²) in [5, 5.41) is 4.90. The predicted octanol–water partition coefficient (Wildman–Crippen LogP) is 2.90. The average molecular weight is 272 g/mol. The standard InChI is InChI=1S/C16H20N2O2/c19-16-14-8-4-1-5-12(14)11-15(18-16)17-9-10-20-13-6-2-3-7-13/h1,4-5,8,11,13H,2-3,6-7,9-10H2,(H2,17,18,19). The molecule has 2 aromatic rings.